The summed E-state index contributed by atoms with van der Waals surface area (Å²) in [5.41, 5.74) is 1.26. The number of alkyl carbamates (subject to hydrolysis) is 1. The van der Waals surface area contributed by atoms with Gasteiger partial charge in [-0.05, 0) is 31.5 Å². The smallest absolute Gasteiger partial charge is 0.508 e. The summed E-state index contributed by atoms with van der Waals surface area (Å²) in [5.74, 6) is -2.32. The minimum absolute atomic E-state index is 0.0375. The summed E-state index contributed by atoms with van der Waals surface area (Å²) in [6, 6.07) is 12.5. The Labute approximate surface area is 202 Å². The molecule has 0 bridgehead atoms. The number of nitrogens with one attached hydrogen (secondary N) is 1. The molecule has 2 heterocycles. The lowest BCUT2D eigenvalue weighted by atomic mass is 9.83. The molecule has 0 aliphatic carbocycles. The van der Waals surface area contributed by atoms with E-state index in [4.69, 9.17) is 14.2 Å². The number of hydrogen-bond donors (Lipinski definition) is 1. The van der Waals surface area contributed by atoms with E-state index in [-0.39, 0.29) is 17.5 Å². The van der Waals surface area contributed by atoms with Gasteiger partial charge in [0.15, 0.2) is 10.3 Å². The Morgan fingerprint density at radius 2 is 1.77 bits per heavy atom. The summed E-state index contributed by atoms with van der Waals surface area (Å²) in [7, 11) is -5.20. The summed E-state index contributed by atoms with van der Waals surface area (Å²) in [4.78, 5) is 40.8. The van der Waals surface area contributed by atoms with Crippen LogP contribution < -0.4 is 5.32 Å². The summed E-state index contributed by atoms with van der Waals surface area (Å²) in [5, 5.41) is 2.45. The number of carbonyl (C=O) groups excluding carboxylic acids is 3. The van der Waals surface area contributed by atoms with Gasteiger partial charge in [0.05, 0.1) is 18.3 Å². The van der Waals surface area contributed by atoms with Crippen LogP contribution in [-0.2, 0) is 42.5 Å². The lowest BCUT2D eigenvalue weighted by Gasteiger charge is -2.50. The Morgan fingerprint density at radius 3 is 2.40 bits per heavy atom. The molecule has 1 aromatic heterocycles. The van der Waals surface area contributed by atoms with Gasteiger partial charge in [-0.25, -0.2) is 22.3 Å². The van der Waals surface area contributed by atoms with E-state index in [1.54, 1.807) is 54.7 Å². The molecule has 1 saturated heterocycles. The van der Waals surface area contributed by atoms with E-state index < -0.39 is 52.6 Å². The zero-order valence-electron chi connectivity index (χ0n) is 18.9. The Bertz CT molecular complexity index is 1150. The van der Waals surface area contributed by atoms with E-state index in [0.29, 0.717) is 11.3 Å². The third-order valence-electron chi connectivity index (χ3n) is 5.28. The molecule has 0 radical (unpaired) electrons. The van der Waals surface area contributed by atoms with Gasteiger partial charge >= 0.3 is 12.2 Å². The number of hydrogen-bond acceptors (Lipinski definition) is 10. The Hall–Kier alpha value is -3.71. The number of ether oxygens (including phenoxy) is 3. The zero-order chi connectivity index (χ0) is 25.6. The molecule has 35 heavy (non-hydrogen) atoms. The molecule has 0 saturated carbocycles. The van der Waals surface area contributed by atoms with Gasteiger partial charge in [0, 0.05) is 6.20 Å². The first-order valence-corrected chi connectivity index (χ1v) is 11.9. The molecule has 2 aromatic rings. The van der Waals surface area contributed by atoms with Gasteiger partial charge in [0.1, 0.15) is 24.7 Å². The van der Waals surface area contributed by atoms with Crippen molar-refractivity contribution in [2.24, 2.45) is 5.92 Å². The monoisotopic (exact) mass is 506 g/mol. The van der Waals surface area contributed by atoms with E-state index in [0.717, 1.165) is 0 Å². The van der Waals surface area contributed by atoms with Crippen molar-refractivity contribution in [3.63, 3.8) is 0 Å². The molecule has 0 spiro atoms. The van der Waals surface area contributed by atoms with Gasteiger partial charge in [-0.1, -0.05) is 36.4 Å². The van der Waals surface area contributed by atoms with Crippen molar-refractivity contribution in [3.05, 3.63) is 66.0 Å². The van der Waals surface area contributed by atoms with Crippen LogP contribution in [0.15, 0.2) is 54.7 Å². The molecule has 1 aliphatic heterocycles. The van der Waals surface area contributed by atoms with E-state index in [1.807, 2.05) is 0 Å². The van der Waals surface area contributed by atoms with Crippen LogP contribution in [0.3, 0.4) is 0 Å². The second kappa shape index (κ2) is 11.1. The normalized spacial score (nSPS) is 19.2. The van der Waals surface area contributed by atoms with Gasteiger partial charge in [0.2, 0.25) is 5.91 Å². The SMILES string of the molecule is C[C@H](OC(=O)NCc1ccccn1)[C@@H]1[C@@H]([C@@H](C)OC(=O)OCc2ccccc2)C(=O)N1S(=O)(=O)[O-]. The molecule has 13 heteroatoms. The second-order valence-electron chi connectivity index (χ2n) is 7.74. The van der Waals surface area contributed by atoms with E-state index in [2.05, 4.69) is 10.3 Å². The quantitative estimate of drug-likeness (QED) is 0.301. The topological polar surface area (TPSA) is 164 Å². The van der Waals surface area contributed by atoms with Crippen LogP contribution in [0, 0.1) is 5.92 Å². The first-order valence-electron chi connectivity index (χ1n) is 10.6. The number of benzene rings is 1. The van der Waals surface area contributed by atoms with Gasteiger partial charge in [0.25, 0.3) is 0 Å². The fourth-order valence-electron chi connectivity index (χ4n) is 3.65. The fourth-order valence-corrected chi connectivity index (χ4v) is 4.59. The molecule has 2 amide bonds. The van der Waals surface area contributed by atoms with Crippen LogP contribution in [0.2, 0.25) is 0 Å². The van der Waals surface area contributed by atoms with Crippen LogP contribution >= 0.6 is 0 Å². The van der Waals surface area contributed by atoms with Gasteiger partial charge in [-0.2, -0.15) is 0 Å². The molecule has 12 nitrogen and oxygen atoms in total. The molecular weight excluding hydrogens is 482 g/mol. The number of rotatable bonds is 9. The van der Waals surface area contributed by atoms with Crippen molar-refractivity contribution in [1.82, 2.24) is 14.6 Å². The molecule has 4 atom stereocenters. The number of β-lactam (4-membered cyclic amide) rings is 1. The first kappa shape index (κ1) is 25.9. The third-order valence-corrected chi connectivity index (χ3v) is 6.19. The highest BCUT2D eigenvalue weighted by molar-refractivity contribution is 7.84. The molecule has 1 aliphatic rings. The summed E-state index contributed by atoms with van der Waals surface area (Å²) in [6.07, 6.45) is -2.86. The number of aromatic nitrogens is 1. The van der Waals surface area contributed by atoms with Crippen LogP contribution in [0.25, 0.3) is 0 Å². The fraction of sp³-hybridized carbons (Fsp3) is 0.364. The van der Waals surface area contributed by atoms with Gasteiger partial charge in [-0.15, -0.1) is 0 Å². The zero-order valence-corrected chi connectivity index (χ0v) is 19.7. The lowest BCUT2D eigenvalue weighted by Crippen LogP contribution is -2.70. The second-order valence-corrected chi connectivity index (χ2v) is 8.99. The Morgan fingerprint density at radius 1 is 1.09 bits per heavy atom. The van der Waals surface area contributed by atoms with Crippen LogP contribution in [0.1, 0.15) is 25.1 Å². The van der Waals surface area contributed by atoms with Crippen LogP contribution in [0.4, 0.5) is 9.59 Å². The molecule has 0 unspecified atom stereocenters. The maximum absolute atomic E-state index is 12.5. The van der Waals surface area contributed by atoms with Crippen molar-refractivity contribution < 1.29 is 41.6 Å². The van der Waals surface area contributed by atoms with Crippen LogP contribution in [0.5, 0.6) is 0 Å². The highest BCUT2D eigenvalue weighted by atomic mass is 32.2. The number of pyridine rings is 1. The molecular formula is C22H24N3O9S-. The van der Waals surface area contributed by atoms with Crippen molar-refractivity contribution in [3.8, 4) is 0 Å². The first-order chi connectivity index (χ1) is 16.6. The maximum atomic E-state index is 12.5. The predicted molar refractivity (Wildman–Crippen MR) is 118 cm³/mol. The van der Waals surface area contributed by atoms with E-state index in [1.165, 1.54) is 13.8 Å². The van der Waals surface area contributed by atoms with Crippen molar-refractivity contribution in [1.29, 1.82) is 0 Å². The molecule has 1 aromatic carbocycles. The van der Waals surface area contributed by atoms with E-state index in [9.17, 15) is 27.4 Å². The Balaban J connectivity index is 1.61. The van der Waals surface area contributed by atoms with Crippen molar-refractivity contribution >= 4 is 28.5 Å². The Kier molecular flexibility index (Phi) is 8.25. The summed E-state index contributed by atoms with van der Waals surface area (Å²) < 4.78 is 50.3. The van der Waals surface area contributed by atoms with Gasteiger partial charge in [-0.3, -0.25) is 9.78 Å². The summed E-state index contributed by atoms with van der Waals surface area (Å²) >= 11 is 0. The maximum Gasteiger partial charge on any atom is 0.508 e. The average molecular weight is 507 g/mol. The largest absolute Gasteiger partial charge is 0.731 e. The molecule has 188 valence electrons. The van der Waals surface area contributed by atoms with Crippen LogP contribution in [-0.4, -0.2) is 58.7 Å². The number of carbonyl (C=O) groups is 3. The number of nitrogens with zero attached hydrogens (tertiary/aromatic N) is 2. The number of amides is 2. The van der Waals surface area contributed by atoms with Crippen molar-refractivity contribution in [2.45, 2.75) is 45.2 Å². The standard InChI is InChI=1S/C22H25N3O9S/c1-14(34-22(28)32-13-16-8-4-3-5-9-16)18-19(25(20(18)26)35(29,30)31)15(2)33-21(27)24-12-17-10-6-7-11-23-17/h3-11,14-15,18-19H,12-13H2,1-2H3,(H,24,27)(H,29,30,31)/p-1/t14-,15+,18-,19-/m1/s1. The highest BCUT2D eigenvalue weighted by Crippen LogP contribution is 2.36. The molecule has 3 rings (SSSR count). The minimum Gasteiger partial charge on any atom is -0.731 e. The van der Waals surface area contributed by atoms with E-state index >= 15 is 0 Å². The van der Waals surface area contributed by atoms with Gasteiger partial charge < -0.3 is 24.1 Å². The minimum atomic E-state index is -5.20. The highest BCUT2D eigenvalue weighted by Gasteiger charge is 2.57. The predicted octanol–water partition coefficient (Wildman–Crippen LogP) is 1.73. The average Bonchev–Trinajstić information content (AvgIpc) is 2.80. The molecule has 1 N–H and O–H groups in total. The third kappa shape index (κ3) is 6.67. The lowest BCUT2D eigenvalue weighted by molar-refractivity contribution is -0.161. The molecule has 1 fully saturated rings. The summed E-state index contributed by atoms with van der Waals surface area (Å²) in [6.45, 7) is 2.63. The van der Waals surface area contributed by atoms with Crippen molar-refractivity contribution in [2.75, 3.05) is 0 Å².